The Kier molecular flexibility index (Phi) is 8.75. The summed E-state index contributed by atoms with van der Waals surface area (Å²) in [5.74, 6) is -1.05. The van der Waals surface area contributed by atoms with Crippen molar-refractivity contribution < 1.29 is 18.7 Å². The van der Waals surface area contributed by atoms with Crippen molar-refractivity contribution in [1.82, 2.24) is 4.90 Å². The van der Waals surface area contributed by atoms with Crippen LogP contribution < -0.4 is 0 Å². The molecule has 0 N–H and O–H groups in total. The van der Waals surface area contributed by atoms with Crippen molar-refractivity contribution in [3.63, 3.8) is 0 Å². The summed E-state index contributed by atoms with van der Waals surface area (Å²) in [5, 5.41) is 9.30. The van der Waals surface area contributed by atoms with Crippen LogP contribution in [0.2, 0.25) is 0 Å². The SMILES string of the molecule is CCCCC(=O)N(Cc1ccc(-c2cc(F)ccc2C#N)cc1)C(C(=O)OC)C(C)C. The highest BCUT2D eigenvalue weighted by Gasteiger charge is 2.33. The lowest BCUT2D eigenvalue weighted by Crippen LogP contribution is -2.48. The molecule has 0 aromatic heterocycles. The summed E-state index contributed by atoms with van der Waals surface area (Å²) in [7, 11) is 1.33. The van der Waals surface area contributed by atoms with Gasteiger partial charge in [0.05, 0.1) is 18.7 Å². The van der Waals surface area contributed by atoms with E-state index in [-0.39, 0.29) is 18.4 Å². The van der Waals surface area contributed by atoms with Crippen LogP contribution in [-0.4, -0.2) is 29.9 Å². The van der Waals surface area contributed by atoms with Crippen LogP contribution >= 0.6 is 0 Å². The summed E-state index contributed by atoms with van der Waals surface area (Å²) in [6, 6.07) is 12.7. The van der Waals surface area contributed by atoms with Crippen LogP contribution in [0, 0.1) is 23.1 Å². The maximum absolute atomic E-state index is 13.7. The second-order valence-electron chi connectivity index (χ2n) is 7.84. The summed E-state index contributed by atoms with van der Waals surface area (Å²) < 4.78 is 18.6. The zero-order chi connectivity index (χ0) is 23.0. The molecule has 0 aliphatic rings. The molecule has 0 saturated carbocycles. The highest BCUT2D eigenvalue weighted by Crippen LogP contribution is 2.26. The molecule has 2 aromatic rings. The van der Waals surface area contributed by atoms with Crippen molar-refractivity contribution in [2.45, 2.75) is 52.6 Å². The first-order valence-corrected chi connectivity index (χ1v) is 10.5. The lowest BCUT2D eigenvalue weighted by atomic mass is 9.98. The topological polar surface area (TPSA) is 70.4 Å². The quantitative estimate of drug-likeness (QED) is 0.526. The molecule has 1 amide bonds. The normalized spacial score (nSPS) is 11.6. The van der Waals surface area contributed by atoms with Crippen molar-refractivity contribution in [3.8, 4) is 17.2 Å². The van der Waals surface area contributed by atoms with Gasteiger partial charge in [-0.15, -0.1) is 0 Å². The molecule has 5 nitrogen and oxygen atoms in total. The molecule has 1 atom stereocenters. The number of esters is 1. The first kappa shape index (κ1) is 24.1. The van der Waals surface area contributed by atoms with Gasteiger partial charge in [0.15, 0.2) is 0 Å². The highest BCUT2D eigenvalue weighted by atomic mass is 19.1. The third kappa shape index (κ3) is 6.14. The number of methoxy groups -OCH3 is 1. The Bertz CT molecular complexity index is 948. The second-order valence-corrected chi connectivity index (χ2v) is 7.84. The Morgan fingerprint density at radius 3 is 2.39 bits per heavy atom. The van der Waals surface area contributed by atoms with Crippen LogP contribution in [-0.2, 0) is 20.9 Å². The minimum absolute atomic E-state index is 0.0908. The van der Waals surface area contributed by atoms with Crippen LogP contribution in [0.25, 0.3) is 11.1 Å². The maximum atomic E-state index is 13.7. The van der Waals surface area contributed by atoms with E-state index in [0.29, 0.717) is 23.1 Å². The number of hydrogen-bond acceptors (Lipinski definition) is 4. The number of carbonyl (C=O) groups excluding carboxylic acids is 2. The van der Waals surface area contributed by atoms with E-state index in [9.17, 15) is 19.2 Å². The van der Waals surface area contributed by atoms with Gasteiger partial charge in [0.25, 0.3) is 0 Å². The Morgan fingerprint density at radius 2 is 1.84 bits per heavy atom. The van der Waals surface area contributed by atoms with Crippen LogP contribution in [0.15, 0.2) is 42.5 Å². The number of nitrogens with zero attached hydrogens (tertiary/aromatic N) is 2. The number of amides is 1. The smallest absolute Gasteiger partial charge is 0.328 e. The molecule has 0 saturated heterocycles. The summed E-state index contributed by atoms with van der Waals surface area (Å²) in [6.07, 6.45) is 1.99. The summed E-state index contributed by atoms with van der Waals surface area (Å²) in [4.78, 5) is 26.9. The minimum atomic E-state index is -0.678. The van der Waals surface area contributed by atoms with Gasteiger partial charge in [-0.1, -0.05) is 51.5 Å². The molecular formula is C25H29FN2O3. The Labute approximate surface area is 183 Å². The third-order valence-electron chi connectivity index (χ3n) is 5.19. The zero-order valence-electron chi connectivity index (χ0n) is 18.5. The molecule has 2 rings (SSSR count). The fourth-order valence-corrected chi connectivity index (χ4v) is 3.53. The van der Waals surface area contributed by atoms with Crippen molar-refractivity contribution in [3.05, 3.63) is 59.4 Å². The number of nitriles is 1. The number of benzene rings is 2. The van der Waals surface area contributed by atoms with E-state index in [0.717, 1.165) is 18.4 Å². The fourth-order valence-electron chi connectivity index (χ4n) is 3.53. The predicted octanol–water partition coefficient (Wildman–Crippen LogP) is 5.08. The van der Waals surface area contributed by atoms with Crippen LogP contribution in [0.5, 0.6) is 0 Å². The molecule has 0 heterocycles. The standard InChI is InChI=1S/C25H29FN2O3/c1-5-6-7-23(29)28(24(17(2)3)25(30)31-4)16-18-8-10-19(11-9-18)22-14-21(26)13-12-20(22)15-27/h8-14,17,24H,5-7,16H2,1-4H3. The van der Waals surface area contributed by atoms with Gasteiger partial charge in [0, 0.05) is 18.5 Å². The molecule has 0 spiro atoms. The van der Waals surface area contributed by atoms with Gasteiger partial charge in [-0.25, -0.2) is 9.18 Å². The summed E-state index contributed by atoms with van der Waals surface area (Å²) in [5.41, 5.74) is 2.44. The number of rotatable bonds is 9. The molecule has 1 unspecified atom stereocenters. The molecule has 2 aromatic carbocycles. The first-order chi connectivity index (χ1) is 14.8. The lowest BCUT2D eigenvalue weighted by Gasteiger charge is -2.32. The average Bonchev–Trinajstić information content (AvgIpc) is 2.77. The molecule has 0 bridgehead atoms. The largest absolute Gasteiger partial charge is 0.467 e. The zero-order valence-corrected chi connectivity index (χ0v) is 18.5. The number of ether oxygens (including phenoxy) is 1. The van der Waals surface area contributed by atoms with E-state index in [1.54, 1.807) is 17.0 Å². The Hall–Kier alpha value is -3.20. The average molecular weight is 425 g/mol. The van der Waals surface area contributed by atoms with Gasteiger partial charge < -0.3 is 9.64 Å². The van der Waals surface area contributed by atoms with Gasteiger partial charge in [-0.05, 0) is 41.7 Å². The molecule has 0 radical (unpaired) electrons. The number of carbonyl (C=O) groups is 2. The van der Waals surface area contributed by atoms with E-state index in [1.165, 1.54) is 25.3 Å². The van der Waals surface area contributed by atoms with Crippen molar-refractivity contribution in [1.29, 1.82) is 5.26 Å². The molecule has 0 aliphatic carbocycles. The number of halogens is 1. The van der Waals surface area contributed by atoms with Crippen LogP contribution in [0.4, 0.5) is 4.39 Å². The molecule has 0 fully saturated rings. The van der Waals surface area contributed by atoms with Gasteiger partial charge in [0.2, 0.25) is 5.91 Å². The van der Waals surface area contributed by atoms with E-state index in [1.807, 2.05) is 32.9 Å². The van der Waals surface area contributed by atoms with E-state index in [4.69, 9.17) is 4.74 Å². The van der Waals surface area contributed by atoms with E-state index in [2.05, 4.69) is 6.07 Å². The molecule has 164 valence electrons. The van der Waals surface area contributed by atoms with Gasteiger partial charge in [-0.3, -0.25) is 4.79 Å². The Morgan fingerprint density at radius 1 is 1.16 bits per heavy atom. The first-order valence-electron chi connectivity index (χ1n) is 10.5. The molecule has 31 heavy (non-hydrogen) atoms. The van der Waals surface area contributed by atoms with Gasteiger partial charge in [0.1, 0.15) is 11.9 Å². The number of unbranched alkanes of at least 4 members (excludes halogenated alkanes) is 1. The van der Waals surface area contributed by atoms with Crippen LogP contribution in [0.1, 0.15) is 51.2 Å². The maximum Gasteiger partial charge on any atom is 0.328 e. The second kappa shape index (κ2) is 11.3. The van der Waals surface area contributed by atoms with Gasteiger partial charge in [-0.2, -0.15) is 5.26 Å². The molecule has 0 aliphatic heterocycles. The number of hydrogen-bond donors (Lipinski definition) is 0. The highest BCUT2D eigenvalue weighted by molar-refractivity contribution is 5.84. The predicted molar refractivity (Wildman–Crippen MR) is 117 cm³/mol. The molecule has 6 heteroatoms. The van der Waals surface area contributed by atoms with Crippen molar-refractivity contribution in [2.75, 3.05) is 7.11 Å². The summed E-state index contributed by atoms with van der Waals surface area (Å²) >= 11 is 0. The van der Waals surface area contributed by atoms with E-state index >= 15 is 0 Å². The van der Waals surface area contributed by atoms with Crippen LogP contribution in [0.3, 0.4) is 0 Å². The lowest BCUT2D eigenvalue weighted by molar-refractivity contribution is -0.155. The molecular weight excluding hydrogens is 395 g/mol. The van der Waals surface area contributed by atoms with Gasteiger partial charge >= 0.3 is 5.97 Å². The Balaban J connectivity index is 2.34. The summed E-state index contributed by atoms with van der Waals surface area (Å²) in [6.45, 7) is 6.05. The minimum Gasteiger partial charge on any atom is -0.467 e. The third-order valence-corrected chi connectivity index (χ3v) is 5.19. The fraction of sp³-hybridized carbons (Fsp3) is 0.400. The van der Waals surface area contributed by atoms with Crippen molar-refractivity contribution >= 4 is 11.9 Å². The van der Waals surface area contributed by atoms with E-state index < -0.39 is 17.8 Å². The van der Waals surface area contributed by atoms with Crippen molar-refractivity contribution in [2.24, 2.45) is 5.92 Å². The monoisotopic (exact) mass is 424 g/mol.